The van der Waals surface area contributed by atoms with Crippen molar-refractivity contribution >= 4 is 17.6 Å². The van der Waals surface area contributed by atoms with Crippen LogP contribution in [0, 0.1) is 23.2 Å². The van der Waals surface area contributed by atoms with Crippen LogP contribution in [0.1, 0.15) is 83.8 Å². The van der Waals surface area contributed by atoms with E-state index in [4.69, 9.17) is 0 Å². The lowest BCUT2D eigenvalue weighted by Crippen LogP contribution is -2.47. The Morgan fingerprint density at radius 1 is 1.00 bits per heavy atom. The van der Waals surface area contributed by atoms with Gasteiger partial charge < -0.3 is 10.0 Å². The van der Waals surface area contributed by atoms with Gasteiger partial charge in [-0.15, -0.1) is 0 Å². The second-order valence-electron chi connectivity index (χ2n) is 13.4. The SMILES string of the molecule is CC(C)c1ccccc1Sc1ccc(-c2cc(N3CCCC(C4(C)CCC(C(C)C)C(O)C4)C3)ncn2)cc1C(F)(F)F. The van der Waals surface area contributed by atoms with E-state index in [1.54, 1.807) is 12.1 Å². The van der Waals surface area contributed by atoms with Crippen molar-refractivity contribution in [3.63, 3.8) is 0 Å². The summed E-state index contributed by atoms with van der Waals surface area (Å²) in [7, 11) is 0. The molecule has 2 aromatic carbocycles. The molecule has 4 nitrogen and oxygen atoms in total. The van der Waals surface area contributed by atoms with E-state index in [9.17, 15) is 18.3 Å². The van der Waals surface area contributed by atoms with E-state index < -0.39 is 11.7 Å². The number of hydrogen-bond donors (Lipinski definition) is 1. The molecule has 5 rings (SSSR count). The Hall–Kier alpha value is -2.58. The zero-order valence-electron chi connectivity index (χ0n) is 25.9. The molecule has 8 heteroatoms. The minimum Gasteiger partial charge on any atom is -0.393 e. The van der Waals surface area contributed by atoms with Gasteiger partial charge in [-0.1, -0.05) is 70.6 Å². The van der Waals surface area contributed by atoms with Crippen molar-refractivity contribution in [2.75, 3.05) is 18.0 Å². The maximum atomic E-state index is 14.4. The first-order valence-corrected chi connectivity index (χ1v) is 16.4. The van der Waals surface area contributed by atoms with E-state index in [2.05, 4.69) is 35.6 Å². The Kier molecular flexibility index (Phi) is 9.48. The van der Waals surface area contributed by atoms with Crippen LogP contribution in [0.3, 0.4) is 0 Å². The summed E-state index contributed by atoms with van der Waals surface area (Å²) in [4.78, 5) is 12.2. The minimum absolute atomic E-state index is 0.0582. The maximum absolute atomic E-state index is 14.4. The molecule has 2 heterocycles. The molecular formula is C35H44F3N3OS. The molecule has 1 saturated carbocycles. The van der Waals surface area contributed by atoms with Gasteiger partial charge in [-0.3, -0.25) is 0 Å². The third kappa shape index (κ3) is 7.06. The molecular weight excluding hydrogens is 567 g/mol. The van der Waals surface area contributed by atoms with Gasteiger partial charge in [-0.2, -0.15) is 13.2 Å². The number of anilines is 1. The number of piperidine rings is 1. The fourth-order valence-electron chi connectivity index (χ4n) is 7.17. The molecule has 1 aromatic heterocycles. The molecule has 4 atom stereocenters. The van der Waals surface area contributed by atoms with E-state index in [-0.39, 0.29) is 22.3 Å². The van der Waals surface area contributed by atoms with E-state index in [0.29, 0.717) is 29.0 Å². The molecule has 0 radical (unpaired) electrons. The second-order valence-corrected chi connectivity index (χ2v) is 14.5. The molecule has 1 saturated heterocycles. The van der Waals surface area contributed by atoms with Gasteiger partial charge in [0.2, 0.25) is 0 Å². The van der Waals surface area contributed by atoms with Crippen LogP contribution in [-0.4, -0.2) is 34.3 Å². The molecule has 1 aliphatic heterocycles. The summed E-state index contributed by atoms with van der Waals surface area (Å²) in [5.41, 5.74) is 1.34. The summed E-state index contributed by atoms with van der Waals surface area (Å²) < 4.78 is 43.1. The highest BCUT2D eigenvalue weighted by atomic mass is 32.2. The monoisotopic (exact) mass is 611 g/mol. The van der Waals surface area contributed by atoms with Gasteiger partial charge >= 0.3 is 6.18 Å². The van der Waals surface area contributed by atoms with Gasteiger partial charge in [-0.05, 0) is 85.0 Å². The van der Waals surface area contributed by atoms with Gasteiger partial charge in [0.1, 0.15) is 12.1 Å². The number of rotatable bonds is 7. The van der Waals surface area contributed by atoms with Gasteiger partial charge in [-0.25, -0.2) is 9.97 Å². The highest BCUT2D eigenvalue weighted by Crippen LogP contribution is 2.49. The van der Waals surface area contributed by atoms with Crippen LogP contribution < -0.4 is 4.90 Å². The molecule has 3 aromatic rings. The molecule has 43 heavy (non-hydrogen) atoms. The number of aromatic nitrogens is 2. The molecule has 2 fully saturated rings. The quantitative estimate of drug-likeness (QED) is 0.288. The normalized spacial score (nSPS) is 25.0. The summed E-state index contributed by atoms with van der Waals surface area (Å²) >= 11 is 1.16. The number of hydrogen-bond acceptors (Lipinski definition) is 5. The molecule has 0 spiro atoms. The lowest BCUT2D eigenvalue weighted by molar-refractivity contribution is -0.139. The second kappa shape index (κ2) is 12.8. The number of aliphatic hydroxyl groups excluding tert-OH is 1. The third-order valence-corrected chi connectivity index (χ3v) is 11.0. The van der Waals surface area contributed by atoms with Crippen molar-refractivity contribution in [2.24, 2.45) is 23.2 Å². The van der Waals surface area contributed by atoms with Crippen LogP contribution in [-0.2, 0) is 6.18 Å². The Morgan fingerprint density at radius 2 is 1.77 bits per heavy atom. The standard InChI is InChI=1S/C35H44F3N3OS/c1-22(2)26-14-15-34(5,19-30(26)42)25-9-8-16-41(20-25)33-18-29(39-21-40-33)24-12-13-32(28(17-24)35(36,37)38)43-31-11-7-6-10-27(31)23(3)4/h6-7,10-13,17-18,21-23,25-26,30,42H,8-9,14-16,19-20H2,1-5H3. The lowest BCUT2D eigenvalue weighted by Gasteiger charge is -2.49. The van der Waals surface area contributed by atoms with Gasteiger partial charge in [0.25, 0.3) is 0 Å². The molecule has 1 aliphatic carbocycles. The van der Waals surface area contributed by atoms with E-state index in [1.165, 1.54) is 12.4 Å². The highest BCUT2D eigenvalue weighted by Gasteiger charge is 2.44. The van der Waals surface area contributed by atoms with Gasteiger partial charge in [0.05, 0.1) is 17.4 Å². The first kappa shape index (κ1) is 31.8. The Balaban J connectivity index is 1.38. The predicted octanol–water partition coefficient (Wildman–Crippen LogP) is 9.48. The average Bonchev–Trinajstić information content (AvgIpc) is 2.97. The smallest absolute Gasteiger partial charge is 0.393 e. The van der Waals surface area contributed by atoms with Crippen molar-refractivity contribution in [3.8, 4) is 11.3 Å². The van der Waals surface area contributed by atoms with Crippen molar-refractivity contribution < 1.29 is 18.3 Å². The topological polar surface area (TPSA) is 49.2 Å². The fraction of sp³-hybridized carbons (Fsp3) is 0.543. The molecule has 4 unspecified atom stereocenters. The van der Waals surface area contributed by atoms with Crippen molar-refractivity contribution in [3.05, 3.63) is 66.0 Å². The zero-order chi connectivity index (χ0) is 30.9. The first-order chi connectivity index (χ1) is 20.4. The number of alkyl halides is 3. The minimum atomic E-state index is -4.50. The number of halogens is 3. The van der Waals surface area contributed by atoms with Crippen LogP contribution in [0.5, 0.6) is 0 Å². The van der Waals surface area contributed by atoms with Crippen LogP contribution in [0.4, 0.5) is 19.0 Å². The Labute approximate surface area is 258 Å². The van der Waals surface area contributed by atoms with Crippen LogP contribution >= 0.6 is 11.8 Å². The van der Waals surface area contributed by atoms with Gasteiger partial charge in [0, 0.05) is 34.5 Å². The van der Waals surface area contributed by atoms with Crippen LogP contribution in [0.25, 0.3) is 11.3 Å². The third-order valence-electron chi connectivity index (χ3n) is 9.80. The van der Waals surface area contributed by atoms with E-state index in [1.807, 2.05) is 44.2 Å². The number of benzene rings is 2. The summed E-state index contributed by atoms with van der Waals surface area (Å²) in [5.74, 6) is 2.20. The van der Waals surface area contributed by atoms with Crippen LogP contribution in [0.15, 0.2) is 64.6 Å². The lowest BCUT2D eigenvalue weighted by atomic mass is 9.60. The molecule has 2 aliphatic rings. The van der Waals surface area contributed by atoms with Crippen molar-refractivity contribution in [1.29, 1.82) is 0 Å². The van der Waals surface area contributed by atoms with Gasteiger partial charge in [0.15, 0.2) is 0 Å². The number of nitrogens with zero attached hydrogens (tertiary/aromatic N) is 3. The predicted molar refractivity (Wildman–Crippen MR) is 168 cm³/mol. The van der Waals surface area contributed by atoms with E-state index in [0.717, 1.165) is 73.2 Å². The Morgan fingerprint density at radius 3 is 2.47 bits per heavy atom. The van der Waals surface area contributed by atoms with Crippen molar-refractivity contribution in [2.45, 2.75) is 94.7 Å². The molecule has 0 amide bonds. The van der Waals surface area contributed by atoms with E-state index >= 15 is 0 Å². The Bertz CT molecular complexity index is 1410. The summed E-state index contributed by atoms with van der Waals surface area (Å²) in [6.45, 7) is 12.5. The van der Waals surface area contributed by atoms with Crippen molar-refractivity contribution in [1.82, 2.24) is 9.97 Å². The molecule has 1 N–H and O–H groups in total. The largest absolute Gasteiger partial charge is 0.417 e. The summed E-state index contributed by atoms with van der Waals surface area (Å²) in [6.07, 6.45) is 1.77. The molecule has 232 valence electrons. The highest BCUT2D eigenvalue weighted by molar-refractivity contribution is 7.99. The molecule has 0 bridgehead atoms. The maximum Gasteiger partial charge on any atom is 0.417 e. The summed E-state index contributed by atoms with van der Waals surface area (Å²) in [5, 5.41) is 11.0. The first-order valence-electron chi connectivity index (χ1n) is 15.6. The fourth-order valence-corrected chi connectivity index (χ4v) is 8.39. The van der Waals surface area contributed by atoms with Crippen LogP contribution in [0.2, 0.25) is 0 Å². The zero-order valence-corrected chi connectivity index (χ0v) is 26.7. The number of aliphatic hydroxyl groups is 1. The average molecular weight is 612 g/mol. The summed E-state index contributed by atoms with van der Waals surface area (Å²) in [6, 6.07) is 14.0.